The molecule has 3 nitrogen and oxygen atoms in total. The lowest BCUT2D eigenvalue weighted by Crippen LogP contribution is -2.20. The molecule has 126 valence electrons. The molecule has 2 atom stereocenters. The number of hydrogen-bond acceptors (Lipinski definition) is 2. The second kappa shape index (κ2) is 6.15. The first-order chi connectivity index (χ1) is 11.6. The number of hydrogen-bond donors (Lipinski definition) is 1. The standard InChI is InChI=1S/C20H23FN2O/c1-22-20(24)8-12-6-13-9-15(10-14(13)7-12)17-4-5-23-19-3-2-16(21)11-18(17)19/h2-5,11-15H,6-10H2,1H3,(H,22,24). The normalized spacial score (nSPS) is 28.9. The van der Waals surface area contributed by atoms with Crippen molar-refractivity contribution in [1.29, 1.82) is 0 Å². The molecule has 0 aliphatic heterocycles. The molecule has 2 unspecified atom stereocenters. The van der Waals surface area contributed by atoms with E-state index >= 15 is 0 Å². The molecule has 1 amide bonds. The highest BCUT2D eigenvalue weighted by atomic mass is 19.1. The Bertz CT molecular complexity index is 761. The number of nitrogens with zero attached hydrogens (tertiary/aromatic N) is 1. The third-order valence-electron chi connectivity index (χ3n) is 6.04. The van der Waals surface area contributed by atoms with Crippen molar-refractivity contribution < 1.29 is 9.18 Å². The SMILES string of the molecule is CNC(=O)CC1CC2CC(c3ccnc4ccc(F)cc34)CC2C1. The van der Waals surface area contributed by atoms with E-state index in [2.05, 4.69) is 16.4 Å². The van der Waals surface area contributed by atoms with Gasteiger partial charge in [-0.05, 0) is 79.2 Å². The molecule has 2 saturated carbocycles. The van der Waals surface area contributed by atoms with Gasteiger partial charge in [0, 0.05) is 25.1 Å². The fraction of sp³-hybridized carbons (Fsp3) is 0.500. The fourth-order valence-corrected chi connectivity index (χ4v) is 5.02. The van der Waals surface area contributed by atoms with Gasteiger partial charge in [-0.25, -0.2) is 4.39 Å². The molecule has 0 spiro atoms. The summed E-state index contributed by atoms with van der Waals surface area (Å²) in [6, 6.07) is 6.94. The zero-order chi connectivity index (χ0) is 16.7. The molecule has 1 aromatic carbocycles. The van der Waals surface area contributed by atoms with Crippen molar-refractivity contribution in [2.24, 2.45) is 17.8 Å². The van der Waals surface area contributed by atoms with Gasteiger partial charge in [-0.2, -0.15) is 0 Å². The first-order valence-corrected chi connectivity index (χ1v) is 8.88. The average Bonchev–Trinajstić information content (AvgIpc) is 3.12. The summed E-state index contributed by atoms with van der Waals surface area (Å²) in [4.78, 5) is 16.0. The molecule has 0 saturated heterocycles. The van der Waals surface area contributed by atoms with Gasteiger partial charge >= 0.3 is 0 Å². The summed E-state index contributed by atoms with van der Waals surface area (Å²) < 4.78 is 13.7. The second-order valence-electron chi connectivity index (χ2n) is 7.46. The second-order valence-corrected chi connectivity index (χ2v) is 7.46. The molecule has 2 aliphatic rings. The van der Waals surface area contributed by atoms with Crippen molar-refractivity contribution in [3.05, 3.63) is 41.8 Å². The number of halogens is 1. The molecule has 2 fully saturated rings. The van der Waals surface area contributed by atoms with Crippen LogP contribution in [0.25, 0.3) is 10.9 Å². The van der Waals surface area contributed by atoms with Gasteiger partial charge in [0.1, 0.15) is 5.82 Å². The summed E-state index contributed by atoms with van der Waals surface area (Å²) >= 11 is 0. The Morgan fingerprint density at radius 3 is 2.67 bits per heavy atom. The minimum absolute atomic E-state index is 0.159. The molecular formula is C20H23FN2O. The zero-order valence-corrected chi connectivity index (χ0v) is 14.0. The van der Waals surface area contributed by atoms with Crippen LogP contribution in [0.1, 0.15) is 43.6 Å². The maximum atomic E-state index is 13.7. The van der Waals surface area contributed by atoms with Crippen molar-refractivity contribution in [3.63, 3.8) is 0 Å². The van der Waals surface area contributed by atoms with Gasteiger partial charge in [-0.3, -0.25) is 9.78 Å². The average molecular weight is 326 g/mol. The van der Waals surface area contributed by atoms with Crippen LogP contribution in [0.2, 0.25) is 0 Å². The molecule has 1 N–H and O–H groups in total. The number of benzene rings is 1. The lowest BCUT2D eigenvalue weighted by Gasteiger charge is -2.16. The van der Waals surface area contributed by atoms with Crippen LogP contribution in [-0.4, -0.2) is 17.9 Å². The molecule has 0 radical (unpaired) electrons. The predicted octanol–water partition coefficient (Wildman–Crippen LogP) is 4.03. The quantitative estimate of drug-likeness (QED) is 0.925. The largest absolute Gasteiger partial charge is 0.359 e. The van der Waals surface area contributed by atoms with Crippen molar-refractivity contribution in [2.45, 2.75) is 38.0 Å². The summed E-state index contributed by atoms with van der Waals surface area (Å²) in [6.45, 7) is 0. The van der Waals surface area contributed by atoms with Gasteiger partial charge in [-0.15, -0.1) is 0 Å². The lowest BCUT2D eigenvalue weighted by molar-refractivity contribution is -0.121. The molecule has 0 bridgehead atoms. The number of amides is 1. The highest BCUT2D eigenvalue weighted by Gasteiger charge is 2.42. The van der Waals surface area contributed by atoms with Gasteiger partial charge in [-0.1, -0.05) is 0 Å². The van der Waals surface area contributed by atoms with Crippen molar-refractivity contribution >= 4 is 16.8 Å². The van der Waals surface area contributed by atoms with Crippen molar-refractivity contribution in [2.75, 3.05) is 7.05 Å². The third kappa shape index (κ3) is 2.79. The first kappa shape index (κ1) is 15.6. The fourth-order valence-electron chi connectivity index (χ4n) is 5.02. The monoisotopic (exact) mass is 326 g/mol. The van der Waals surface area contributed by atoms with Crippen LogP contribution in [0.5, 0.6) is 0 Å². The summed E-state index contributed by atoms with van der Waals surface area (Å²) in [5, 5.41) is 3.70. The Labute approximate surface area is 141 Å². The van der Waals surface area contributed by atoms with Crippen LogP contribution < -0.4 is 5.32 Å². The number of aromatic nitrogens is 1. The topological polar surface area (TPSA) is 42.0 Å². The van der Waals surface area contributed by atoms with Crippen LogP contribution in [-0.2, 0) is 4.79 Å². The molecule has 24 heavy (non-hydrogen) atoms. The molecule has 1 heterocycles. The van der Waals surface area contributed by atoms with E-state index in [1.165, 1.54) is 11.6 Å². The van der Waals surface area contributed by atoms with Crippen molar-refractivity contribution in [3.8, 4) is 0 Å². The number of nitrogens with one attached hydrogen (secondary N) is 1. The van der Waals surface area contributed by atoms with E-state index in [4.69, 9.17) is 0 Å². The highest BCUT2D eigenvalue weighted by molar-refractivity contribution is 5.82. The molecule has 1 aromatic heterocycles. The molecule has 4 heteroatoms. The Morgan fingerprint density at radius 2 is 1.96 bits per heavy atom. The number of rotatable bonds is 3. The maximum Gasteiger partial charge on any atom is 0.220 e. The van der Waals surface area contributed by atoms with Crippen LogP contribution in [0.4, 0.5) is 4.39 Å². The van der Waals surface area contributed by atoms with E-state index in [0.29, 0.717) is 30.1 Å². The Kier molecular flexibility index (Phi) is 3.99. The van der Waals surface area contributed by atoms with Crippen LogP contribution in [0, 0.1) is 23.6 Å². The number of carbonyl (C=O) groups is 1. The number of pyridine rings is 1. The van der Waals surface area contributed by atoms with E-state index in [-0.39, 0.29) is 11.7 Å². The Balaban J connectivity index is 1.52. The smallest absolute Gasteiger partial charge is 0.220 e. The molecule has 2 aromatic rings. The van der Waals surface area contributed by atoms with Gasteiger partial charge < -0.3 is 5.32 Å². The molecule has 2 aliphatic carbocycles. The van der Waals surface area contributed by atoms with Crippen LogP contribution in [0.15, 0.2) is 30.5 Å². The van der Waals surface area contributed by atoms with Gasteiger partial charge in [0.25, 0.3) is 0 Å². The van der Waals surface area contributed by atoms with E-state index in [1.54, 1.807) is 19.2 Å². The first-order valence-electron chi connectivity index (χ1n) is 8.88. The van der Waals surface area contributed by atoms with Gasteiger partial charge in [0.05, 0.1) is 5.52 Å². The Hall–Kier alpha value is -1.97. The number of carbonyl (C=O) groups excluding carboxylic acids is 1. The van der Waals surface area contributed by atoms with Crippen LogP contribution >= 0.6 is 0 Å². The number of fused-ring (bicyclic) bond motifs is 2. The minimum Gasteiger partial charge on any atom is -0.359 e. The van der Waals surface area contributed by atoms with Gasteiger partial charge in [0.2, 0.25) is 5.91 Å². The van der Waals surface area contributed by atoms with E-state index in [9.17, 15) is 9.18 Å². The maximum absolute atomic E-state index is 13.7. The van der Waals surface area contributed by atoms with Gasteiger partial charge in [0.15, 0.2) is 0 Å². The van der Waals surface area contributed by atoms with E-state index in [0.717, 1.165) is 36.6 Å². The van der Waals surface area contributed by atoms with E-state index < -0.39 is 0 Å². The van der Waals surface area contributed by atoms with Crippen molar-refractivity contribution in [1.82, 2.24) is 10.3 Å². The highest BCUT2D eigenvalue weighted by Crippen LogP contribution is 2.53. The predicted molar refractivity (Wildman–Crippen MR) is 92.1 cm³/mol. The summed E-state index contributed by atoms with van der Waals surface area (Å²) in [5.74, 6) is 2.41. The summed E-state index contributed by atoms with van der Waals surface area (Å²) in [6.07, 6.45) is 7.14. The summed E-state index contributed by atoms with van der Waals surface area (Å²) in [7, 11) is 1.71. The summed E-state index contributed by atoms with van der Waals surface area (Å²) in [5.41, 5.74) is 2.13. The van der Waals surface area contributed by atoms with Crippen LogP contribution in [0.3, 0.4) is 0 Å². The zero-order valence-electron chi connectivity index (χ0n) is 14.0. The van der Waals surface area contributed by atoms with E-state index in [1.807, 2.05) is 6.20 Å². The lowest BCUT2D eigenvalue weighted by atomic mass is 9.89. The minimum atomic E-state index is -0.194. The Morgan fingerprint density at radius 1 is 1.21 bits per heavy atom. The molecule has 4 rings (SSSR count). The third-order valence-corrected chi connectivity index (χ3v) is 6.04. The molecular weight excluding hydrogens is 303 g/mol.